The molecule has 1 rings (SSSR count). The van der Waals surface area contributed by atoms with Gasteiger partial charge in [0.25, 0.3) is 0 Å². The third-order valence-electron chi connectivity index (χ3n) is 4.03. The molecule has 0 bridgehead atoms. The number of hydrogen-bond donors (Lipinski definition) is 2. The van der Waals surface area contributed by atoms with E-state index in [1.54, 1.807) is 0 Å². The first-order chi connectivity index (χ1) is 9.63. The summed E-state index contributed by atoms with van der Waals surface area (Å²) < 4.78 is 5.28. The minimum atomic E-state index is 0. The molecule has 1 atom stereocenters. The maximum atomic E-state index is 5.28. The number of hydrogen-bond acceptors (Lipinski definition) is 2. The summed E-state index contributed by atoms with van der Waals surface area (Å²) in [5.74, 6) is 1.69. The highest BCUT2D eigenvalue weighted by molar-refractivity contribution is 14.0. The summed E-state index contributed by atoms with van der Waals surface area (Å²) >= 11 is 0. The number of nitrogens with one attached hydrogen (secondary N) is 2. The number of aliphatic imine (C=N–C) groups is 1. The molecule has 1 aliphatic rings. The average molecular weight is 411 g/mol. The molecule has 21 heavy (non-hydrogen) atoms. The molecule has 1 aliphatic heterocycles. The lowest BCUT2D eigenvalue weighted by atomic mass is 9.89. The van der Waals surface area contributed by atoms with Crippen LogP contribution in [0.5, 0.6) is 0 Å². The number of rotatable bonds is 9. The number of ether oxygens (including phenoxy) is 1. The molecule has 126 valence electrons. The molecular weight excluding hydrogens is 377 g/mol. The SMILES string of the molecule is CCCCC(CCC)CNC(=NC)NCC1(C)COC1.I. The quantitative estimate of drug-likeness (QED) is 0.347. The van der Waals surface area contributed by atoms with Crippen LogP contribution in [-0.4, -0.2) is 39.3 Å². The molecule has 0 aromatic heterocycles. The average Bonchev–Trinajstić information content (AvgIpc) is 2.42. The molecule has 1 fully saturated rings. The molecule has 0 aromatic carbocycles. The van der Waals surface area contributed by atoms with Crippen molar-refractivity contribution in [3.05, 3.63) is 0 Å². The fraction of sp³-hybridized carbons (Fsp3) is 0.938. The van der Waals surface area contributed by atoms with E-state index in [4.69, 9.17) is 4.74 Å². The molecule has 1 unspecified atom stereocenters. The van der Waals surface area contributed by atoms with Crippen LogP contribution in [0.25, 0.3) is 0 Å². The normalized spacial score (nSPS) is 18.4. The number of nitrogens with zero attached hydrogens (tertiary/aromatic N) is 1. The molecule has 0 aromatic rings. The van der Waals surface area contributed by atoms with Gasteiger partial charge in [-0.05, 0) is 18.8 Å². The van der Waals surface area contributed by atoms with Crippen LogP contribution in [0.15, 0.2) is 4.99 Å². The Morgan fingerprint density at radius 3 is 2.38 bits per heavy atom. The summed E-state index contributed by atoms with van der Waals surface area (Å²) in [6, 6.07) is 0. The van der Waals surface area contributed by atoms with Gasteiger partial charge in [-0.1, -0.05) is 40.0 Å². The van der Waals surface area contributed by atoms with Crippen molar-refractivity contribution in [1.29, 1.82) is 0 Å². The van der Waals surface area contributed by atoms with E-state index in [0.717, 1.165) is 38.2 Å². The zero-order valence-corrected chi connectivity index (χ0v) is 16.5. The van der Waals surface area contributed by atoms with Crippen molar-refractivity contribution in [1.82, 2.24) is 10.6 Å². The van der Waals surface area contributed by atoms with Gasteiger partial charge in [0.2, 0.25) is 0 Å². The van der Waals surface area contributed by atoms with E-state index in [0.29, 0.717) is 0 Å². The Hall–Kier alpha value is -0.0400. The lowest BCUT2D eigenvalue weighted by Crippen LogP contribution is -2.51. The van der Waals surface area contributed by atoms with E-state index in [9.17, 15) is 0 Å². The largest absolute Gasteiger partial charge is 0.380 e. The monoisotopic (exact) mass is 411 g/mol. The van der Waals surface area contributed by atoms with Gasteiger partial charge < -0.3 is 15.4 Å². The molecule has 0 spiro atoms. The first-order valence-corrected chi connectivity index (χ1v) is 8.15. The smallest absolute Gasteiger partial charge is 0.191 e. The molecule has 5 heteroatoms. The van der Waals surface area contributed by atoms with E-state index in [-0.39, 0.29) is 29.4 Å². The van der Waals surface area contributed by atoms with Gasteiger partial charge in [0.1, 0.15) is 0 Å². The van der Waals surface area contributed by atoms with Gasteiger partial charge in [0.15, 0.2) is 5.96 Å². The van der Waals surface area contributed by atoms with Crippen LogP contribution in [0.3, 0.4) is 0 Å². The molecule has 1 saturated heterocycles. The summed E-state index contributed by atoms with van der Waals surface area (Å²) in [6.45, 7) is 10.4. The second-order valence-electron chi connectivity index (χ2n) is 6.41. The molecule has 0 aliphatic carbocycles. The summed E-state index contributed by atoms with van der Waals surface area (Å²) in [7, 11) is 1.84. The van der Waals surface area contributed by atoms with Crippen molar-refractivity contribution in [2.24, 2.45) is 16.3 Å². The van der Waals surface area contributed by atoms with Gasteiger partial charge in [-0.15, -0.1) is 24.0 Å². The first kappa shape index (κ1) is 21.0. The molecule has 0 radical (unpaired) electrons. The standard InChI is InChI=1S/C16H33N3O.HI/c1-5-7-9-14(8-6-2)10-18-15(17-4)19-11-16(3)12-20-13-16;/h14H,5-13H2,1-4H3,(H2,17,18,19);1H. The van der Waals surface area contributed by atoms with Gasteiger partial charge in [-0.3, -0.25) is 4.99 Å². The maximum Gasteiger partial charge on any atom is 0.191 e. The number of halogens is 1. The Labute approximate surface area is 147 Å². The predicted octanol–water partition coefficient (Wildman–Crippen LogP) is 3.41. The second-order valence-corrected chi connectivity index (χ2v) is 6.41. The highest BCUT2D eigenvalue weighted by Gasteiger charge is 2.33. The van der Waals surface area contributed by atoms with Crippen molar-refractivity contribution < 1.29 is 4.74 Å². The van der Waals surface area contributed by atoms with Crippen LogP contribution >= 0.6 is 24.0 Å². The highest BCUT2D eigenvalue weighted by Crippen LogP contribution is 2.24. The van der Waals surface area contributed by atoms with Gasteiger partial charge in [-0.2, -0.15) is 0 Å². The zero-order valence-electron chi connectivity index (χ0n) is 14.2. The van der Waals surface area contributed by atoms with E-state index in [1.807, 2.05) is 7.05 Å². The lowest BCUT2D eigenvalue weighted by Gasteiger charge is -2.38. The van der Waals surface area contributed by atoms with Crippen molar-refractivity contribution in [3.8, 4) is 0 Å². The Balaban J connectivity index is 0.00000400. The minimum Gasteiger partial charge on any atom is -0.380 e. The topological polar surface area (TPSA) is 45.7 Å². The van der Waals surface area contributed by atoms with Crippen LogP contribution in [0, 0.1) is 11.3 Å². The zero-order chi connectivity index (χ0) is 14.8. The predicted molar refractivity (Wildman–Crippen MR) is 102 cm³/mol. The van der Waals surface area contributed by atoms with Crippen molar-refractivity contribution in [3.63, 3.8) is 0 Å². The fourth-order valence-electron chi connectivity index (χ4n) is 2.56. The Morgan fingerprint density at radius 1 is 1.19 bits per heavy atom. The van der Waals surface area contributed by atoms with E-state index in [1.165, 1.54) is 32.1 Å². The van der Waals surface area contributed by atoms with Gasteiger partial charge >= 0.3 is 0 Å². The van der Waals surface area contributed by atoms with Crippen LogP contribution < -0.4 is 10.6 Å². The molecule has 0 amide bonds. The Bertz CT molecular complexity index is 293. The molecule has 1 heterocycles. The highest BCUT2D eigenvalue weighted by atomic mass is 127. The lowest BCUT2D eigenvalue weighted by molar-refractivity contribution is -0.0971. The summed E-state index contributed by atoms with van der Waals surface area (Å²) in [5, 5.41) is 6.91. The Morgan fingerprint density at radius 2 is 1.90 bits per heavy atom. The van der Waals surface area contributed by atoms with Crippen LogP contribution in [0.2, 0.25) is 0 Å². The van der Waals surface area contributed by atoms with Gasteiger partial charge in [0.05, 0.1) is 13.2 Å². The molecular formula is C16H34IN3O. The van der Waals surface area contributed by atoms with Crippen LogP contribution in [-0.2, 0) is 4.74 Å². The van der Waals surface area contributed by atoms with E-state index in [2.05, 4.69) is 36.4 Å². The van der Waals surface area contributed by atoms with Crippen molar-refractivity contribution in [2.45, 2.75) is 52.9 Å². The van der Waals surface area contributed by atoms with Crippen LogP contribution in [0.1, 0.15) is 52.9 Å². The second kappa shape index (κ2) is 11.5. The molecule has 2 N–H and O–H groups in total. The van der Waals surface area contributed by atoms with Gasteiger partial charge in [-0.25, -0.2) is 0 Å². The molecule has 4 nitrogen and oxygen atoms in total. The Kier molecular flexibility index (Phi) is 11.5. The van der Waals surface area contributed by atoms with E-state index < -0.39 is 0 Å². The van der Waals surface area contributed by atoms with Crippen molar-refractivity contribution in [2.75, 3.05) is 33.4 Å². The third kappa shape index (κ3) is 8.24. The number of unbranched alkanes of at least 4 members (excludes halogenated alkanes) is 1. The fourth-order valence-corrected chi connectivity index (χ4v) is 2.56. The summed E-state index contributed by atoms with van der Waals surface area (Å²) in [6.07, 6.45) is 6.49. The summed E-state index contributed by atoms with van der Waals surface area (Å²) in [4.78, 5) is 4.32. The van der Waals surface area contributed by atoms with Gasteiger partial charge in [0, 0.05) is 25.6 Å². The van der Waals surface area contributed by atoms with E-state index >= 15 is 0 Å². The first-order valence-electron chi connectivity index (χ1n) is 8.15. The van der Waals surface area contributed by atoms with Crippen LogP contribution in [0.4, 0.5) is 0 Å². The number of guanidine groups is 1. The maximum absolute atomic E-state index is 5.28. The molecule has 0 saturated carbocycles. The third-order valence-corrected chi connectivity index (χ3v) is 4.03. The summed E-state index contributed by atoms with van der Waals surface area (Å²) in [5.41, 5.74) is 0.280. The minimum absolute atomic E-state index is 0. The van der Waals surface area contributed by atoms with Crippen molar-refractivity contribution >= 4 is 29.9 Å².